The van der Waals surface area contributed by atoms with Crippen LogP contribution >= 0.6 is 0 Å². The van der Waals surface area contributed by atoms with Gasteiger partial charge in [-0.2, -0.15) is 0 Å². The van der Waals surface area contributed by atoms with Gasteiger partial charge in [-0.05, 0) is 19.5 Å². The lowest BCUT2D eigenvalue weighted by Gasteiger charge is -2.05. The summed E-state index contributed by atoms with van der Waals surface area (Å²) >= 11 is 0. The number of amides is 1. The Morgan fingerprint density at radius 3 is 2.86 bits per heavy atom. The van der Waals surface area contributed by atoms with Crippen molar-refractivity contribution >= 4 is 5.91 Å². The Bertz CT molecular complexity index is 310. The topological polar surface area (TPSA) is 41.1 Å². The van der Waals surface area contributed by atoms with Crippen molar-refractivity contribution in [3.8, 4) is 0 Å². The second kappa shape index (κ2) is 5.40. The van der Waals surface area contributed by atoms with Crippen LogP contribution in [0.25, 0.3) is 0 Å². The number of benzene rings is 1. The van der Waals surface area contributed by atoms with E-state index < -0.39 is 0 Å². The molecule has 0 radical (unpaired) electrons. The first-order valence-corrected chi connectivity index (χ1v) is 4.69. The predicted molar refractivity (Wildman–Crippen MR) is 57.0 cm³/mol. The molecule has 14 heavy (non-hydrogen) atoms. The number of hydrogen-bond acceptors (Lipinski definition) is 2. The van der Waals surface area contributed by atoms with Crippen molar-refractivity contribution in [1.82, 2.24) is 10.6 Å². The average molecular weight is 192 g/mol. The number of nitrogens with one attached hydrogen (secondary N) is 2. The standard InChI is InChI=1S/C11H16N2O/c1-9-4-3-5-10(6-9)7-13-11(14)8-12-2/h3-6,12H,7-8H2,1-2H3,(H,13,14). The molecule has 0 spiro atoms. The monoisotopic (exact) mass is 192 g/mol. The molecule has 0 aromatic heterocycles. The van der Waals surface area contributed by atoms with Crippen molar-refractivity contribution in [3.05, 3.63) is 35.4 Å². The fourth-order valence-electron chi connectivity index (χ4n) is 1.25. The molecule has 0 aliphatic heterocycles. The van der Waals surface area contributed by atoms with E-state index in [0.717, 1.165) is 5.56 Å². The summed E-state index contributed by atoms with van der Waals surface area (Å²) in [5, 5.41) is 5.63. The lowest BCUT2D eigenvalue weighted by atomic mass is 10.1. The zero-order valence-electron chi connectivity index (χ0n) is 8.63. The van der Waals surface area contributed by atoms with Gasteiger partial charge < -0.3 is 10.6 Å². The first kappa shape index (κ1) is 10.7. The van der Waals surface area contributed by atoms with Gasteiger partial charge in [-0.1, -0.05) is 29.8 Å². The van der Waals surface area contributed by atoms with Crippen molar-refractivity contribution in [2.45, 2.75) is 13.5 Å². The third kappa shape index (κ3) is 3.58. The molecule has 1 aromatic rings. The van der Waals surface area contributed by atoms with E-state index in [2.05, 4.69) is 16.7 Å². The second-order valence-corrected chi connectivity index (χ2v) is 3.30. The maximum Gasteiger partial charge on any atom is 0.234 e. The predicted octanol–water partition coefficient (Wildman–Crippen LogP) is 0.831. The van der Waals surface area contributed by atoms with Crippen LogP contribution in [0, 0.1) is 6.92 Å². The molecule has 0 atom stereocenters. The number of aryl methyl sites for hydroxylation is 1. The van der Waals surface area contributed by atoms with E-state index in [4.69, 9.17) is 0 Å². The molecule has 0 aliphatic rings. The lowest BCUT2D eigenvalue weighted by molar-refractivity contribution is -0.120. The minimum absolute atomic E-state index is 0.0222. The van der Waals surface area contributed by atoms with Gasteiger partial charge in [0.1, 0.15) is 0 Å². The summed E-state index contributed by atoms with van der Waals surface area (Å²) in [6.07, 6.45) is 0. The van der Waals surface area contributed by atoms with Gasteiger partial charge in [-0.15, -0.1) is 0 Å². The van der Waals surface area contributed by atoms with Gasteiger partial charge in [0.05, 0.1) is 6.54 Å². The number of carbonyl (C=O) groups is 1. The Morgan fingerprint density at radius 2 is 2.21 bits per heavy atom. The average Bonchev–Trinajstić information content (AvgIpc) is 2.15. The first-order valence-electron chi connectivity index (χ1n) is 4.69. The smallest absolute Gasteiger partial charge is 0.234 e. The SMILES string of the molecule is CNCC(=O)NCc1cccc(C)c1. The molecule has 0 heterocycles. The highest BCUT2D eigenvalue weighted by Gasteiger charge is 1.98. The molecule has 3 heteroatoms. The van der Waals surface area contributed by atoms with E-state index in [1.807, 2.05) is 25.1 Å². The Hall–Kier alpha value is -1.35. The van der Waals surface area contributed by atoms with Crippen molar-refractivity contribution in [2.75, 3.05) is 13.6 Å². The summed E-state index contributed by atoms with van der Waals surface area (Å²) in [7, 11) is 1.76. The van der Waals surface area contributed by atoms with Crippen LogP contribution in [-0.2, 0) is 11.3 Å². The van der Waals surface area contributed by atoms with Gasteiger partial charge in [-0.25, -0.2) is 0 Å². The van der Waals surface area contributed by atoms with Gasteiger partial charge in [0, 0.05) is 6.54 Å². The van der Waals surface area contributed by atoms with Crippen LogP contribution in [0.15, 0.2) is 24.3 Å². The maximum atomic E-state index is 11.1. The zero-order valence-corrected chi connectivity index (χ0v) is 8.63. The first-order chi connectivity index (χ1) is 6.72. The van der Waals surface area contributed by atoms with Crippen LogP contribution in [0.2, 0.25) is 0 Å². The molecular formula is C11H16N2O. The van der Waals surface area contributed by atoms with Crippen LogP contribution in [0.3, 0.4) is 0 Å². The molecule has 0 aliphatic carbocycles. The number of carbonyl (C=O) groups excluding carboxylic acids is 1. The molecule has 0 saturated heterocycles. The van der Waals surface area contributed by atoms with E-state index in [-0.39, 0.29) is 5.91 Å². The largest absolute Gasteiger partial charge is 0.351 e. The zero-order chi connectivity index (χ0) is 10.4. The summed E-state index contributed by atoms with van der Waals surface area (Å²) in [6, 6.07) is 8.11. The highest BCUT2D eigenvalue weighted by atomic mass is 16.1. The number of hydrogen-bond donors (Lipinski definition) is 2. The quantitative estimate of drug-likeness (QED) is 0.742. The molecule has 0 unspecified atom stereocenters. The number of rotatable bonds is 4. The Morgan fingerprint density at radius 1 is 1.43 bits per heavy atom. The van der Waals surface area contributed by atoms with E-state index >= 15 is 0 Å². The Balaban J connectivity index is 2.41. The molecule has 0 fully saturated rings. The summed E-state index contributed by atoms with van der Waals surface area (Å²) < 4.78 is 0. The van der Waals surface area contributed by atoms with Gasteiger partial charge in [0.2, 0.25) is 5.91 Å². The van der Waals surface area contributed by atoms with Crippen LogP contribution in [0.1, 0.15) is 11.1 Å². The van der Waals surface area contributed by atoms with Crippen LogP contribution in [-0.4, -0.2) is 19.5 Å². The van der Waals surface area contributed by atoms with Crippen molar-refractivity contribution in [3.63, 3.8) is 0 Å². The summed E-state index contributed by atoms with van der Waals surface area (Å²) in [6.45, 7) is 3.01. The van der Waals surface area contributed by atoms with E-state index in [1.165, 1.54) is 5.56 Å². The minimum Gasteiger partial charge on any atom is -0.351 e. The maximum absolute atomic E-state index is 11.1. The van der Waals surface area contributed by atoms with Gasteiger partial charge in [-0.3, -0.25) is 4.79 Å². The van der Waals surface area contributed by atoms with E-state index in [1.54, 1.807) is 7.05 Å². The van der Waals surface area contributed by atoms with E-state index in [0.29, 0.717) is 13.1 Å². The summed E-state index contributed by atoms with van der Waals surface area (Å²) in [4.78, 5) is 11.1. The summed E-state index contributed by atoms with van der Waals surface area (Å²) in [5.41, 5.74) is 2.35. The third-order valence-electron chi connectivity index (χ3n) is 1.91. The van der Waals surface area contributed by atoms with Gasteiger partial charge in [0.15, 0.2) is 0 Å². The summed E-state index contributed by atoms with van der Waals surface area (Å²) in [5.74, 6) is 0.0222. The van der Waals surface area contributed by atoms with Crippen molar-refractivity contribution < 1.29 is 4.79 Å². The van der Waals surface area contributed by atoms with Crippen LogP contribution in [0.4, 0.5) is 0 Å². The van der Waals surface area contributed by atoms with Gasteiger partial charge >= 0.3 is 0 Å². The molecule has 3 nitrogen and oxygen atoms in total. The lowest BCUT2D eigenvalue weighted by Crippen LogP contribution is -2.31. The number of likely N-dealkylation sites (N-methyl/N-ethyl adjacent to an activating group) is 1. The normalized spacial score (nSPS) is 9.86. The Labute approximate surface area is 84.5 Å². The van der Waals surface area contributed by atoms with Crippen LogP contribution in [0.5, 0.6) is 0 Å². The fraction of sp³-hybridized carbons (Fsp3) is 0.364. The van der Waals surface area contributed by atoms with E-state index in [9.17, 15) is 4.79 Å². The molecule has 1 amide bonds. The molecular weight excluding hydrogens is 176 g/mol. The third-order valence-corrected chi connectivity index (χ3v) is 1.91. The molecule has 1 aromatic carbocycles. The van der Waals surface area contributed by atoms with Crippen molar-refractivity contribution in [1.29, 1.82) is 0 Å². The minimum atomic E-state index is 0.0222. The molecule has 0 bridgehead atoms. The molecule has 76 valence electrons. The highest BCUT2D eigenvalue weighted by Crippen LogP contribution is 2.02. The molecule has 0 saturated carbocycles. The fourth-order valence-corrected chi connectivity index (χ4v) is 1.25. The Kier molecular flexibility index (Phi) is 4.13. The second-order valence-electron chi connectivity index (χ2n) is 3.30. The van der Waals surface area contributed by atoms with Gasteiger partial charge in [0.25, 0.3) is 0 Å². The highest BCUT2D eigenvalue weighted by molar-refractivity contribution is 5.77. The molecule has 2 N–H and O–H groups in total. The van der Waals surface area contributed by atoms with Crippen LogP contribution < -0.4 is 10.6 Å². The van der Waals surface area contributed by atoms with Crippen molar-refractivity contribution in [2.24, 2.45) is 0 Å². The molecule has 1 rings (SSSR count).